The summed E-state index contributed by atoms with van der Waals surface area (Å²) in [7, 11) is 0. The van der Waals surface area contributed by atoms with Crippen LogP contribution >= 0.6 is 11.6 Å². The third-order valence-corrected chi connectivity index (χ3v) is 4.59. The minimum Gasteiger partial charge on any atom is -0.456 e. The molecule has 1 nitrogen and oxygen atoms in total. The zero-order chi connectivity index (χ0) is 16.5. The number of fused-ring (bicyclic) bond motifs is 1. The Hall–Kier alpha value is -2.51. The summed E-state index contributed by atoms with van der Waals surface area (Å²) in [5, 5.41) is 0.710. The SMILES string of the molecule is Cc1ccc(C2=C(Oc3ccc(Cl)cc3)c3ccccc3C2)cc1. The molecule has 0 heterocycles. The monoisotopic (exact) mass is 332 g/mol. The van der Waals surface area contributed by atoms with Crippen molar-refractivity contribution < 1.29 is 4.74 Å². The molecule has 24 heavy (non-hydrogen) atoms. The first-order valence-electron chi connectivity index (χ1n) is 8.02. The van der Waals surface area contributed by atoms with Crippen molar-refractivity contribution in [1.82, 2.24) is 0 Å². The Morgan fingerprint density at radius 3 is 2.29 bits per heavy atom. The first-order chi connectivity index (χ1) is 11.7. The molecule has 0 unspecified atom stereocenters. The minimum absolute atomic E-state index is 0.710. The van der Waals surface area contributed by atoms with Crippen LogP contribution in [0.5, 0.6) is 5.75 Å². The number of benzene rings is 3. The molecule has 3 aromatic carbocycles. The van der Waals surface area contributed by atoms with Gasteiger partial charge in [0, 0.05) is 22.6 Å². The number of halogens is 1. The van der Waals surface area contributed by atoms with Crippen molar-refractivity contribution in [2.75, 3.05) is 0 Å². The highest BCUT2D eigenvalue weighted by atomic mass is 35.5. The Labute approximate surface area is 147 Å². The summed E-state index contributed by atoms with van der Waals surface area (Å²) >= 11 is 5.98. The van der Waals surface area contributed by atoms with Crippen LogP contribution in [-0.4, -0.2) is 0 Å². The maximum Gasteiger partial charge on any atom is 0.139 e. The van der Waals surface area contributed by atoms with E-state index in [1.165, 1.54) is 27.8 Å². The van der Waals surface area contributed by atoms with E-state index in [0.717, 1.165) is 17.9 Å². The third-order valence-electron chi connectivity index (χ3n) is 4.34. The van der Waals surface area contributed by atoms with E-state index in [-0.39, 0.29) is 0 Å². The molecule has 0 bridgehead atoms. The number of hydrogen-bond donors (Lipinski definition) is 0. The fraction of sp³-hybridized carbons (Fsp3) is 0.0909. The van der Waals surface area contributed by atoms with Crippen molar-refractivity contribution in [3.8, 4) is 5.75 Å². The van der Waals surface area contributed by atoms with E-state index < -0.39 is 0 Å². The molecule has 0 aromatic heterocycles. The highest BCUT2D eigenvalue weighted by Gasteiger charge is 2.24. The van der Waals surface area contributed by atoms with Crippen molar-refractivity contribution in [3.63, 3.8) is 0 Å². The summed E-state index contributed by atoms with van der Waals surface area (Å²) in [5.41, 5.74) is 6.17. The van der Waals surface area contributed by atoms with Gasteiger partial charge in [0.15, 0.2) is 0 Å². The van der Waals surface area contributed by atoms with Gasteiger partial charge in [-0.25, -0.2) is 0 Å². The van der Waals surface area contributed by atoms with Crippen LogP contribution in [0, 0.1) is 6.92 Å². The predicted octanol–water partition coefficient (Wildman–Crippen LogP) is 6.15. The lowest BCUT2D eigenvalue weighted by Gasteiger charge is -2.11. The Balaban J connectivity index is 1.80. The number of aryl methyl sites for hydroxylation is 1. The van der Waals surface area contributed by atoms with E-state index >= 15 is 0 Å². The first-order valence-corrected chi connectivity index (χ1v) is 8.40. The molecule has 1 aliphatic rings. The summed E-state index contributed by atoms with van der Waals surface area (Å²) in [6, 6.07) is 24.6. The number of hydrogen-bond acceptors (Lipinski definition) is 1. The molecule has 0 saturated carbocycles. The maximum absolute atomic E-state index is 6.28. The van der Waals surface area contributed by atoms with E-state index in [1.54, 1.807) is 0 Å². The molecule has 118 valence electrons. The van der Waals surface area contributed by atoms with Gasteiger partial charge in [0.25, 0.3) is 0 Å². The second-order valence-corrected chi connectivity index (χ2v) is 6.50. The van der Waals surface area contributed by atoms with E-state index in [0.29, 0.717) is 5.02 Å². The zero-order valence-electron chi connectivity index (χ0n) is 13.4. The molecule has 1 aliphatic carbocycles. The molecule has 2 heteroatoms. The Bertz CT molecular complexity index is 905. The van der Waals surface area contributed by atoms with Gasteiger partial charge in [-0.3, -0.25) is 0 Å². The Morgan fingerprint density at radius 1 is 0.833 bits per heavy atom. The van der Waals surface area contributed by atoms with Gasteiger partial charge in [-0.1, -0.05) is 65.7 Å². The zero-order valence-corrected chi connectivity index (χ0v) is 14.2. The highest BCUT2D eigenvalue weighted by Crippen LogP contribution is 2.39. The summed E-state index contributed by atoms with van der Waals surface area (Å²) in [5.74, 6) is 1.74. The molecule has 0 atom stereocenters. The third kappa shape index (κ3) is 2.83. The van der Waals surface area contributed by atoms with Gasteiger partial charge in [-0.15, -0.1) is 0 Å². The van der Waals surface area contributed by atoms with Gasteiger partial charge in [-0.05, 0) is 42.3 Å². The maximum atomic E-state index is 6.28. The van der Waals surface area contributed by atoms with Gasteiger partial charge >= 0.3 is 0 Å². The Kier molecular flexibility index (Phi) is 3.87. The smallest absolute Gasteiger partial charge is 0.139 e. The van der Waals surface area contributed by atoms with Gasteiger partial charge in [0.05, 0.1) is 0 Å². The highest BCUT2D eigenvalue weighted by molar-refractivity contribution is 6.30. The first kappa shape index (κ1) is 15.0. The molecular weight excluding hydrogens is 316 g/mol. The van der Waals surface area contributed by atoms with Crippen LogP contribution in [0.15, 0.2) is 72.8 Å². The number of allylic oxidation sites excluding steroid dienone is 1. The van der Waals surface area contributed by atoms with E-state index in [1.807, 2.05) is 24.3 Å². The second-order valence-electron chi connectivity index (χ2n) is 6.06. The van der Waals surface area contributed by atoms with E-state index in [9.17, 15) is 0 Å². The fourth-order valence-electron chi connectivity index (χ4n) is 3.05. The van der Waals surface area contributed by atoms with Crippen LogP contribution in [0.4, 0.5) is 0 Å². The molecule has 0 fully saturated rings. The van der Waals surface area contributed by atoms with Crippen molar-refractivity contribution in [1.29, 1.82) is 0 Å². The number of rotatable bonds is 3. The van der Waals surface area contributed by atoms with Gasteiger partial charge < -0.3 is 4.74 Å². The van der Waals surface area contributed by atoms with Crippen molar-refractivity contribution in [2.24, 2.45) is 0 Å². The van der Waals surface area contributed by atoms with Gasteiger partial charge in [0.2, 0.25) is 0 Å². The molecule has 0 aliphatic heterocycles. The lowest BCUT2D eigenvalue weighted by atomic mass is 10.0. The lowest BCUT2D eigenvalue weighted by Crippen LogP contribution is -1.95. The average molecular weight is 333 g/mol. The molecule has 3 aromatic rings. The molecule has 0 amide bonds. The molecule has 0 radical (unpaired) electrons. The van der Waals surface area contributed by atoms with Crippen LogP contribution < -0.4 is 4.74 Å². The van der Waals surface area contributed by atoms with Crippen molar-refractivity contribution in [3.05, 3.63) is 100 Å². The van der Waals surface area contributed by atoms with Crippen LogP contribution in [0.3, 0.4) is 0 Å². The predicted molar refractivity (Wildman–Crippen MR) is 100 cm³/mol. The molecular formula is C22H17ClO. The van der Waals surface area contributed by atoms with E-state index in [2.05, 4.69) is 55.5 Å². The fourth-order valence-corrected chi connectivity index (χ4v) is 3.18. The minimum atomic E-state index is 0.710. The summed E-state index contributed by atoms with van der Waals surface area (Å²) in [6.45, 7) is 2.10. The summed E-state index contributed by atoms with van der Waals surface area (Å²) < 4.78 is 6.28. The van der Waals surface area contributed by atoms with Crippen LogP contribution in [-0.2, 0) is 6.42 Å². The number of ether oxygens (including phenoxy) is 1. The topological polar surface area (TPSA) is 9.23 Å². The summed E-state index contributed by atoms with van der Waals surface area (Å²) in [6.07, 6.45) is 0.891. The summed E-state index contributed by atoms with van der Waals surface area (Å²) in [4.78, 5) is 0. The van der Waals surface area contributed by atoms with Crippen LogP contribution in [0.25, 0.3) is 11.3 Å². The van der Waals surface area contributed by atoms with Gasteiger partial charge in [-0.2, -0.15) is 0 Å². The van der Waals surface area contributed by atoms with Crippen LogP contribution in [0.2, 0.25) is 5.02 Å². The average Bonchev–Trinajstić information content (AvgIpc) is 2.96. The normalized spacial score (nSPS) is 13.1. The van der Waals surface area contributed by atoms with E-state index in [4.69, 9.17) is 16.3 Å². The quantitative estimate of drug-likeness (QED) is 0.558. The molecule has 0 saturated heterocycles. The standard InChI is InChI=1S/C22H17ClO/c1-15-6-8-16(9-7-15)21-14-17-4-2-3-5-20(17)22(21)24-19-12-10-18(23)11-13-19/h2-13H,14H2,1H3. The van der Waals surface area contributed by atoms with Crippen molar-refractivity contribution in [2.45, 2.75) is 13.3 Å². The molecule has 0 spiro atoms. The largest absolute Gasteiger partial charge is 0.456 e. The Morgan fingerprint density at radius 2 is 1.54 bits per heavy atom. The molecule has 0 N–H and O–H groups in total. The van der Waals surface area contributed by atoms with Crippen molar-refractivity contribution >= 4 is 22.9 Å². The van der Waals surface area contributed by atoms with Crippen LogP contribution in [0.1, 0.15) is 22.3 Å². The second kappa shape index (κ2) is 6.18. The lowest BCUT2D eigenvalue weighted by molar-refractivity contribution is 0.518. The van der Waals surface area contributed by atoms with Gasteiger partial charge in [0.1, 0.15) is 11.5 Å². The molecule has 4 rings (SSSR count).